The summed E-state index contributed by atoms with van der Waals surface area (Å²) in [6, 6.07) is 14.7. The van der Waals surface area contributed by atoms with Crippen LogP contribution >= 0.6 is 12.2 Å². The summed E-state index contributed by atoms with van der Waals surface area (Å²) in [4.78, 5) is 16.3. The van der Waals surface area contributed by atoms with E-state index in [0.29, 0.717) is 61.1 Å². The van der Waals surface area contributed by atoms with E-state index in [9.17, 15) is 10.1 Å². The average molecular weight is 498 g/mol. The van der Waals surface area contributed by atoms with E-state index in [0.717, 1.165) is 5.69 Å². The summed E-state index contributed by atoms with van der Waals surface area (Å²) in [6.07, 6.45) is 0.148. The molecule has 0 bridgehead atoms. The van der Waals surface area contributed by atoms with Gasteiger partial charge >= 0.3 is 6.09 Å². The molecule has 35 heavy (non-hydrogen) atoms. The first kappa shape index (κ1) is 24.5. The molecular formula is C25H28FN5O3S. The molecule has 2 heterocycles. The topological polar surface area (TPSA) is 89.9 Å². The highest BCUT2D eigenvalue weighted by Gasteiger charge is 2.37. The number of halogens is 1. The van der Waals surface area contributed by atoms with Gasteiger partial charge in [-0.1, -0.05) is 24.4 Å². The van der Waals surface area contributed by atoms with Gasteiger partial charge in [0, 0.05) is 25.9 Å². The van der Waals surface area contributed by atoms with Crippen LogP contribution in [0.15, 0.2) is 42.5 Å². The lowest BCUT2D eigenvalue weighted by Crippen LogP contribution is -2.48. The van der Waals surface area contributed by atoms with Crippen LogP contribution in [-0.4, -0.2) is 56.0 Å². The smallest absolute Gasteiger partial charge is 0.414 e. The molecular weight excluding hydrogens is 469 g/mol. The van der Waals surface area contributed by atoms with E-state index in [2.05, 4.69) is 16.7 Å². The van der Waals surface area contributed by atoms with Gasteiger partial charge in [-0.15, -0.1) is 0 Å². The van der Waals surface area contributed by atoms with E-state index in [1.807, 2.05) is 29.2 Å². The van der Waals surface area contributed by atoms with Crippen LogP contribution in [0.4, 0.5) is 26.2 Å². The molecule has 1 amide bonds. The van der Waals surface area contributed by atoms with Crippen molar-refractivity contribution >= 4 is 40.4 Å². The summed E-state index contributed by atoms with van der Waals surface area (Å²) in [5, 5.41) is 16.3. The van der Waals surface area contributed by atoms with Crippen LogP contribution in [0.5, 0.6) is 5.75 Å². The Morgan fingerprint density at radius 3 is 2.71 bits per heavy atom. The predicted molar refractivity (Wildman–Crippen MR) is 137 cm³/mol. The van der Waals surface area contributed by atoms with Crippen LogP contribution in [0.2, 0.25) is 0 Å². The Kier molecular flexibility index (Phi) is 7.26. The highest BCUT2D eigenvalue weighted by molar-refractivity contribution is 7.80. The molecule has 2 N–H and O–H groups in total. The molecule has 2 aromatic rings. The second-order valence-electron chi connectivity index (χ2n) is 8.70. The first-order valence-corrected chi connectivity index (χ1v) is 11.8. The van der Waals surface area contributed by atoms with E-state index in [4.69, 9.17) is 21.7 Å². The normalized spacial score (nSPS) is 19.0. The monoisotopic (exact) mass is 497 g/mol. The number of ether oxygens (including phenoxy) is 2. The number of thiocarbonyl (C=S) groups is 1. The molecule has 2 aliphatic heterocycles. The van der Waals surface area contributed by atoms with Gasteiger partial charge in [0.1, 0.15) is 23.2 Å². The molecule has 2 aromatic carbocycles. The van der Waals surface area contributed by atoms with Gasteiger partial charge in [0.25, 0.3) is 0 Å². The number of hydrogen-bond acceptors (Lipinski definition) is 7. The van der Waals surface area contributed by atoms with Crippen LogP contribution < -0.4 is 25.2 Å². The fourth-order valence-corrected chi connectivity index (χ4v) is 4.50. The minimum absolute atomic E-state index is 0.316. The van der Waals surface area contributed by atoms with Gasteiger partial charge in [0.05, 0.1) is 48.3 Å². The van der Waals surface area contributed by atoms with E-state index in [1.54, 1.807) is 26.2 Å². The number of anilines is 3. The molecule has 2 saturated heterocycles. The molecule has 0 saturated carbocycles. The van der Waals surface area contributed by atoms with E-state index in [-0.39, 0.29) is 6.10 Å². The average Bonchev–Trinajstić information content (AvgIpc) is 3.24. The maximum Gasteiger partial charge on any atom is 0.414 e. The van der Waals surface area contributed by atoms with Crippen molar-refractivity contribution < 1.29 is 18.7 Å². The maximum absolute atomic E-state index is 15.1. The summed E-state index contributed by atoms with van der Waals surface area (Å²) in [5.41, 5.74) is 0.871. The molecule has 0 aromatic heterocycles. The number of benzene rings is 2. The van der Waals surface area contributed by atoms with Gasteiger partial charge in [0.2, 0.25) is 0 Å². The SMILES string of the molecule is COc1ccccc1NC1(C#N)CCN(c2ccc(N3CC(CNC(C)=S)OC3=O)cc2F)CC1. The molecule has 4 rings (SSSR count). The van der Waals surface area contributed by atoms with E-state index in [1.165, 1.54) is 11.0 Å². The maximum atomic E-state index is 15.1. The van der Waals surface area contributed by atoms with E-state index < -0.39 is 17.4 Å². The van der Waals surface area contributed by atoms with Gasteiger partial charge in [-0.2, -0.15) is 5.26 Å². The zero-order chi connectivity index (χ0) is 25.0. The quantitative estimate of drug-likeness (QED) is 0.554. The molecule has 0 spiro atoms. The second kappa shape index (κ2) is 10.4. The fraction of sp³-hybridized carbons (Fsp3) is 0.400. The minimum Gasteiger partial charge on any atom is -0.495 e. The number of amides is 1. The van der Waals surface area contributed by atoms with Crippen molar-refractivity contribution in [3.05, 3.63) is 48.3 Å². The number of para-hydroxylation sites is 2. The lowest BCUT2D eigenvalue weighted by molar-refractivity contribution is 0.143. The molecule has 2 fully saturated rings. The molecule has 184 valence electrons. The van der Waals surface area contributed by atoms with Crippen molar-refractivity contribution in [2.24, 2.45) is 0 Å². The van der Waals surface area contributed by atoms with Crippen molar-refractivity contribution in [1.29, 1.82) is 5.26 Å². The summed E-state index contributed by atoms with van der Waals surface area (Å²) in [7, 11) is 1.59. The Hall–Kier alpha value is -3.58. The lowest BCUT2D eigenvalue weighted by Gasteiger charge is -2.39. The number of nitriles is 1. The lowest BCUT2D eigenvalue weighted by atomic mass is 9.88. The summed E-state index contributed by atoms with van der Waals surface area (Å²) < 4.78 is 25.9. The number of nitrogens with one attached hydrogen (secondary N) is 2. The largest absolute Gasteiger partial charge is 0.495 e. The first-order valence-electron chi connectivity index (χ1n) is 11.4. The number of piperidine rings is 1. The van der Waals surface area contributed by atoms with Gasteiger partial charge in [-0.05, 0) is 37.3 Å². The molecule has 10 heteroatoms. The second-order valence-corrected chi connectivity index (χ2v) is 9.31. The Labute approximate surface area is 209 Å². The van der Waals surface area contributed by atoms with Crippen molar-refractivity contribution in [2.75, 3.05) is 48.4 Å². The van der Waals surface area contributed by atoms with Gasteiger partial charge in [0.15, 0.2) is 0 Å². The number of methoxy groups -OCH3 is 1. The number of cyclic esters (lactones) is 1. The van der Waals surface area contributed by atoms with Crippen LogP contribution in [0.3, 0.4) is 0 Å². The van der Waals surface area contributed by atoms with Gasteiger partial charge in [-0.3, -0.25) is 4.90 Å². The zero-order valence-corrected chi connectivity index (χ0v) is 20.5. The number of nitrogens with zero attached hydrogens (tertiary/aromatic N) is 3. The van der Waals surface area contributed by atoms with Crippen LogP contribution in [0.1, 0.15) is 19.8 Å². The zero-order valence-electron chi connectivity index (χ0n) is 19.7. The molecule has 2 aliphatic rings. The van der Waals surface area contributed by atoms with Crippen molar-refractivity contribution in [2.45, 2.75) is 31.4 Å². The third-order valence-corrected chi connectivity index (χ3v) is 6.49. The summed E-state index contributed by atoms with van der Waals surface area (Å²) in [5.74, 6) is 0.246. The number of hydrogen-bond donors (Lipinski definition) is 2. The Bertz CT molecular complexity index is 1150. The molecule has 8 nitrogen and oxygen atoms in total. The standard InChI is InChI=1S/C25H28FN5O3S/c1-17(35)28-14-19-15-31(24(32)34-19)18-7-8-22(20(26)13-18)30-11-9-25(16-27,10-12-30)29-21-5-3-4-6-23(21)33-2/h3-8,13,19,29H,9-12,14-15H2,1-2H3,(H,28,35). The van der Waals surface area contributed by atoms with Crippen LogP contribution in [0, 0.1) is 17.1 Å². The molecule has 0 radical (unpaired) electrons. The first-order chi connectivity index (χ1) is 16.8. The molecule has 1 atom stereocenters. The van der Waals surface area contributed by atoms with Crippen LogP contribution in [-0.2, 0) is 4.74 Å². The minimum atomic E-state index is -0.773. The third kappa shape index (κ3) is 5.41. The Balaban J connectivity index is 1.42. The van der Waals surface area contributed by atoms with E-state index >= 15 is 4.39 Å². The fourth-order valence-electron chi connectivity index (χ4n) is 4.42. The van der Waals surface area contributed by atoms with Crippen molar-refractivity contribution in [3.63, 3.8) is 0 Å². The highest BCUT2D eigenvalue weighted by Crippen LogP contribution is 2.35. The molecule has 0 aliphatic carbocycles. The number of rotatable bonds is 7. The molecule has 1 unspecified atom stereocenters. The Morgan fingerprint density at radius 2 is 2.06 bits per heavy atom. The summed E-state index contributed by atoms with van der Waals surface area (Å²) in [6.45, 7) is 3.49. The van der Waals surface area contributed by atoms with Gasteiger partial charge in [-0.25, -0.2) is 9.18 Å². The van der Waals surface area contributed by atoms with Crippen LogP contribution in [0.25, 0.3) is 0 Å². The van der Waals surface area contributed by atoms with Crippen molar-refractivity contribution in [1.82, 2.24) is 5.32 Å². The number of carbonyl (C=O) groups excluding carboxylic acids is 1. The predicted octanol–water partition coefficient (Wildman–Crippen LogP) is 4.07. The highest BCUT2D eigenvalue weighted by atomic mass is 32.1. The summed E-state index contributed by atoms with van der Waals surface area (Å²) >= 11 is 4.99. The third-order valence-electron chi connectivity index (χ3n) is 6.35. The van der Waals surface area contributed by atoms with Crippen molar-refractivity contribution in [3.8, 4) is 11.8 Å². The van der Waals surface area contributed by atoms with Gasteiger partial charge < -0.3 is 25.0 Å². The number of carbonyl (C=O) groups is 1. The Morgan fingerprint density at radius 1 is 1.31 bits per heavy atom.